The SMILES string of the molecule is COc1cc2c(=O)[nH]c(=O)n(CCCCN3C[C@@H]4COc5cccc(OC)c5[C@H]4C3)c2cc1OC. The Morgan fingerprint density at radius 2 is 1.71 bits per heavy atom. The van der Waals surface area contributed by atoms with E-state index in [-0.39, 0.29) is 0 Å². The number of nitrogens with one attached hydrogen (secondary N) is 1. The monoisotopic (exact) mass is 481 g/mol. The van der Waals surface area contributed by atoms with Gasteiger partial charge in [0.1, 0.15) is 11.5 Å². The number of fused-ring (bicyclic) bond motifs is 4. The zero-order chi connectivity index (χ0) is 24.5. The third-order valence-corrected chi connectivity index (χ3v) is 7.20. The normalized spacial score (nSPS) is 19.2. The molecule has 1 saturated heterocycles. The average molecular weight is 482 g/mol. The second kappa shape index (κ2) is 9.65. The standard InChI is InChI=1S/C26H31N3O6/c1-32-20-7-6-8-21-24(20)18-14-28(13-16(18)15-35-21)9-4-5-10-29-19-12-23(34-3)22(33-2)11-17(19)25(30)27-26(29)31/h6-8,11-12,16,18H,4-5,9-10,13-15H2,1-3H3,(H,27,30,31)/t16-,18+/m1/s1. The molecule has 2 atom stereocenters. The van der Waals surface area contributed by atoms with Gasteiger partial charge >= 0.3 is 5.69 Å². The summed E-state index contributed by atoms with van der Waals surface area (Å²) in [5, 5.41) is 0.401. The topological polar surface area (TPSA) is 95.0 Å². The van der Waals surface area contributed by atoms with Crippen LogP contribution in [0.3, 0.4) is 0 Å². The van der Waals surface area contributed by atoms with Crippen LogP contribution in [0, 0.1) is 5.92 Å². The fourth-order valence-electron chi connectivity index (χ4n) is 5.47. The zero-order valence-corrected chi connectivity index (χ0v) is 20.3. The molecule has 35 heavy (non-hydrogen) atoms. The Kier molecular flexibility index (Phi) is 6.42. The van der Waals surface area contributed by atoms with Crippen LogP contribution in [0.1, 0.15) is 24.3 Å². The van der Waals surface area contributed by atoms with E-state index in [0.717, 1.165) is 50.6 Å². The van der Waals surface area contributed by atoms with Gasteiger partial charge in [-0.15, -0.1) is 0 Å². The number of aromatic amines is 1. The molecule has 0 unspecified atom stereocenters. The number of methoxy groups -OCH3 is 3. The number of H-pyrrole nitrogens is 1. The van der Waals surface area contributed by atoms with E-state index in [1.807, 2.05) is 18.2 Å². The van der Waals surface area contributed by atoms with E-state index in [1.165, 1.54) is 19.8 Å². The first-order chi connectivity index (χ1) is 17.0. The maximum atomic E-state index is 12.6. The second-order valence-electron chi connectivity index (χ2n) is 9.15. The molecule has 2 aromatic carbocycles. The van der Waals surface area contributed by atoms with Crippen LogP contribution in [-0.4, -0.2) is 62.0 Å². The molecule has 186 valence electrons. The lowest BCUT2D eigenvalue weighted by Gasteiger charge is -2.29. The maximum absolute atomic E-state index is 12.6. The Morgan fingerprint density at radius 1 is 0.971 bits per heavy atom. The van der Waals surface area contributed by atoms with Crippen LogP contribution in [0.15, 0.2) is 39.9 Å². The molecule has 9 nitrogen and oxygen atoms in total. The first kappa shape index (κ1) is 23.3. The van der Waals surface area contributed by atoms with Gasteiger partial charge in [-0.05, 0) is 37.6 Å². The van der Waals surface area contributed by atoms with Gasteiger partial charge in [-0.2, -0.15) is 0 Å². The van der Waals surface area contributed by atoms with Crippen molar-refractivity contribution < 1.29 is 18.9 Å². The van der Waals surface area contributed by atoms with Gasteiger partial charge in [0.25, 0.3) is 5.56 Å². The zero-order valence-electron chi connectivity index (χ0n) is 20.3. The third-order valence-electron chi connectivity index (χ3n) is 7.20. The number of aryl methyl sites for hydroxylation is 1. The van der Waals surface area contributed by atoms with Crippen molar-refractivity contribution >= 4 is 10.9 Å². The Labute approximate surface area is 203 Å². The molecule has 1 N–H and O–H groups in total. The van der Waals surface area contributed by atoms with E-state index in [1.54, 1.807) is 23.8 Å². The molecule has 2 aliphatic heterocycles. The van der Waals surface area contributed by atoms with E-state index in [4.69, 9.17) is 18.9 Å². The van der Waals surface area contributed by atoms with Crippen molar-refractivity contribution in [2.24, 2.45) is 5.92 Å². The minimum atomic E-state index is -0.431. The van der Waals surface area contributed by atoms with Gasteiger partial charge in [-0.25, -0.2) is 4.79 Å². The Morgan fingerprint density at radius 3 is 2.49 bits per heavy atom. The minimum Gasteiger partial charge on any atom is -0.496 e. The lowest BCUT2D eigenvalue weighted by molar-refractivity contribution is 0.209. The molecule has 0 amide bonds. The van der Waals surface area contributed by atoms with Crippen LogP contribution in [0.2, 0.25) is 0 Å². The van der Waals surface area contributed by atoms with Crippen LogP contribution in [0.25, 0.3) is 10.9 Å². The molecule has 5 rings (SSSR count). The summed E-state index contributed by atoms with van der Waals surface area (Å²) in [5.41, 5.74) is 0.886. The molecule has 1 aromatic heterocycles. The predicted molar refractivity (Wildman–Crippen MR) is 132 cm³/mol. The lowest BCUT2D eigenvalue weighted by Crippen LogP contribution is -2.31. The van der Waals surface area contributed by atoms with Crippen molar-refractivity contribution in [3.8, 4) is 23.0 Å². The highest BCUT2D eigenvalue weighted by Gasteiger charge is 2.40. The van der Waals surface area contributed by atoms with Gasteiger partial charge < -0.3 is 23.8 Å². The minimum absolute atomic E-state index is 0.401. The molecule has 0 radical (unpaired) electrons. The number of nitrogens with zero attached hydrogens (tertiary/aromatic N) is 2. The average Bonchev–Trinajstić information content (AvgIpc) is 3.30. The summed E-state index contributed by atoms with van der Waals surface area (Å²) in [6.45, 7) is 4.12. The Hall–Kier alpha value is -3.46. The van der Waals surface area contributed by atoms with Gasteiger partial charge in [0.05, 0.1) is 38.8 Å². The highest BCUT2D eigenvalue weighted by atomic mass is 16.5. The van der Waals surface area contributed by atoms with Crippen LogP contribution < -0.4 is 30.2 Å². The van der Waals surface area contributed by atoms with E-state index < -0.39 is 11.2 Å². The molecule has 0 saturated carbocycles. The molecule has 0 aliphatic carbocycles. The summed E-state index contributed by atoms with van der Waals surface area (Å²) in [4.78, 5) is 29.9. The second-order valence-corrected chi connectivity index (χ2v) is 9.15. The van der Waals surface area contributed by atoms with E-state index >= 15 is 0 Å². The van der Waals surface area contributed by atoms with Crippen LogP contribution in [0.4, 0.5) is 0 Å². The lowest BCUT2D eigenvalue weighted by atomic mass is 9.86. The summed E-state index contributed by atoms with van der Waals surface area (Å²) in [6, 6.07) is 9.31. The first-order valence-corrected chi connectivity index (χ1v) is 11.9. The van der Waals surface area contributed by atoms with Crippen molar-refractivity contribution in [3.05, 3.63) is 56.7 Å². The van der Waals surface area contributed by atoms with Crippen LogP contribution in [0.5, 0.6) is 23.0 Å². The van der Waals surface area contributed by atoms with Gasteiger partial charge in [-0.3, -0.25) is 14.3 Å². The highest BCUT2D eigenvalue weighted by Crippen LogP contribution is 2.46. The molecular weight excluding hydrogens is 450 g/mol. The number of hydrogen-bond donors (Lipinski definition) is 1. The number of unbranched alkanes of at least 4 members (excludes halogenated alkanes) is 1. The van der Waals surface area contributed by atoms with Gasteiger partial charge in [0, 0.05) is 43.1 Å². The van der Waals surface area contributed by atoms with E-state index in [9.17, 15) is 9.59 Å². The fourth-order valence-corrected chi connectivity index (χ4v) is 5.47. The molecule has 0 bridgehead atoms. The number of likely N-dealkylation sites (tertiary alicyclic amines) is 1. The number of aromatic nitrogens is 2. The van der Waals surface area contributed by atoms with Gasteiger partial charge in [0.2, 0.25) is 0 Å². The summed E-state index contributed by atoms with van der Waals surface area (Å²) in [6.07, 6.45) is 1.73. The van der Waals surface area contributed by atoms with Crippen LogP contribution in [-0.2, 0) is 6.54 Å². The largest absolute Gasteiger partial charge is 0.496 e. The number of benzene rings is 2. The summed E-state index contributed by atoms with van der Waals surface area (Å²) in [7, 11) is 4.76. The molecule has 3 heterocycles. The molecular formula is C26H31N3O6. The Balaban J connectivity index is 1.27. The number of ether oxygens (including phenoxy) is 4. The molecule has 3 aromatic rings. The first-order valence-electron chi connectivity index (χ1n) is 11.9. The molecule has 1 fully saturated rings. The maximum Gasteiger partial charge on any atom is 0.328 e. The molecule has 9 heteroatoms. The molecule has 2 aliphatic rings. The molecule has 0 spiro atoms. The van der Waals surface area contributed by atoms with Gasteiger partial charge in [-0.1, -0.05) is 6.07 Å². The number of rotatable bonds is 8. The van der Waals surface area contributed by atoms with Crippen molar-refractivity contribution in [2.45, 2.75) is 25.3 Å². The van der Waals surface area contributed by atoms with Gasteiger partial charge in [0.15, 0.2) is 11.5 Å². The van der Waals surface area contributed by atoms with Crippen molar-refractivity contribution in [1.82, 2.24) is 14.5 Å². The Bertz CT molecular complexity index is 1330. The van der Waals surface area contributed by atoms with Crippen molar-refractivity contribution in [3.63, 3.8) is 0 Å². The predicted octanol–water partition coefficient (Wildman–Crippen LogP) is 2.60. The summed E-state index contributed by atoms with van der Waals surface area (Å²) >= 11 is 0. The smallest absolute Gasteiger partial charge is 0.328 e. The van der Waals surface area contributed by atoms with Crippen molar-refractivity contribution in [2.75, 3.05) is 47.6 Å². The number of hydrogen-bond acceptors (Lipinski definition) is 7. The highest BCUT2D eigenvalue weighted by molar-refractivity contribution is 5.82. The van der Waals surface area contributed by atoms with E-state index in [2.05, 4.69) is 9.88 Å². The van der Waals surface area contributed by atoms with Crippen LogP contribution >= 0.6 is 0 Å². The summed E-state index contributed by atoms with van der Waals surface area (Å²) in [5.74, 6) is 3.62. The quantitative estimate of drug-likeness (QED) is 0.494. The summed E-state index contributed by atoms with van der Waals surface area (Å²) < 4.78 is 23.9. The third kappa shape index (κ3) is 4.25. The van der Waals surface area contributed by atoms with Crippen molar-refractivity contribution in [1.29, 1.82) is 0 Å². The fraction of sp³-hybridized carbons (Fsp3) is 0.462. The van der Waals surface area contributed by atoms with E-state index in [0.29, 0.717) is 40.8 Å².